The number of para-hydroxylation sites is 2. The van der Waals surface area contributed by atoms with E-state index in [-0.39, 0.29) is 12.3 Å². The fraction of sp³-hybridized carbons (Fsp3) is 0.308. The Morgan fingerprint density at radius 3 is 2.13 bits per heavy atom. The maximum Gasteiger partial charge on any atom is 0.430 e. The number of hydrogen-bond donors (Lipinski definition) is 2. The number of fused-ring (bicyclic) bond motifs is 1. The molecule has 0 saturated carbocycles. The number of carbonyl (C=O) groups excluding carboxylic acids is 3. The average Bonchev–Trinajstić information content (AvgIpc) is 3.48. The molecule has 1 aliphatic rings. The van der Waals surface area contributed by atoms with Crippen LogP contribution >= 0.6 is 0 Å². The first-order chi connectivity index (χ1) is 20.9. The molecule has 1 atom stereocenters. The standard InChI is InChI=1S/C22H23FN4O4.2C2HF3O2/c1-27(2)7-8-29-20-9-14(17-11-24-13-25-17)15(23)10-16(20)26-22(28)21-12-30-18-5-3-4-6-19(18)31-21;2*3-2(4,5)1(6)7/h3-6,9-11,13,21H,7-8,12H2,1-2H3,(H,24,25)(H,26,28);2*(H,6,7)/p-2. The van der Waals surface area contributed by atoms with Crippen LogP contribution in [0.25, 0.3) is 11.3 Å². The summed E-state index contributed by atoms with van der Waals surface area (Å²) in [5.41, 5.74) is 1.02. The number of carboxylic acid groups (broad SMARTS) is 2. The van der Waals surface area contributed by atoms with Crippen LogP contribution in [-0.2, 0) is 14.4 Å². The molecule has 2 N–H and O–H groups in total. The second-order valence-corrected chi connectivity index (χ2v) is 8.87. The molecule has 1 aliphatic heterocycles. The van der Waals surface area contributed by atoms with Gasteiger partial charge in [-0.25, -0.2) is 9.37 Å². The number of ether oxygens (including phenoxy) is 3. The van der Waals surface area contributed by atoms with E-state index in [0.29, 0.717) is 41.7 Å². The highest BCUT2D eigenvalue weighted by Gasteiger charge is 2.30. The minimum absolute atomic E-state index is 0.0500. The van der Waals surface area contributed by atoms with Crippen molar-refractivity contribution < 1.29 is 69.5 Å². The Morgan fingerprint density at radius 1 is 1.04 bits per heavy atom. The molecule has 12 nitrogen and oxygen atoms in total. The molecular formula is C26H23F7N4O8-2. The predicted octanol–water partition coefficient (Wildman–Crippen LogP) is 1.53. The Hall–Kier alpha value is -5.07. The summed E-state index contributed by atoms with van der Waals surface area (Å²) >= 11 is 0. The third kappa shape index (κ3) is 11.5. The number of aromatic amines is 1. The van der Waals surface area contributed by atoms with Crippen LogP contribution in [0.2, 0.25) is 0 Å². The molecule has 246 valence electrons. The number of likely N-dealkylation sites (N-methyl/N-ethyl adjacent to an activating group) is 1. The topological polar surface area (TPSA) is 169 Å². The molecule has 1 unspecified atom stereocenters. The van der Waals surface area contributed by atoms with Gasteiger partial charge in [0.25, 0.3) is 5.91 Å². The van der Waals surface area contributed by atoms with Gasteiger partial charge in [0, 0.05) is 18.2 Å². The average molecular weight is 652 g/mol. The van der Waals surface area contributed by atoms with Crippen LogP contribution in [0.1, 0.15) is 0 Å². The van der Waals surface area contributed by atoms with Gasteiger partial charge in [-0.3, -0.25) is 4.79 Å². The largest absolute Gasteiger partial charge is 0.542 e. The van der Waals surface area contributed by atoms with E-state index in [1.165, 1.54) is 18.6 Å². The SMILES string of the molecule is CN(C)CCOc1cc(-c2cnc[nH]2)c(F)cc1NC(=O)C1COc2ccccc2O1.O=C([O-])C(F)(F)F.O=C([O-])C(F)(F)F. The van der Waals surface area contributed by atoms with Crippen molar-refractivity contribution in [2.45, 2.75) is 18.5 Å². The summed E-state index contributed by atoms with van der Waals surface area (Å²) in [6.07, 6.45) is -8.28. The highest BCUT2D eigenvalue weighted by atomic mass is 19.4. The number of amides is 1. The van der Waals surface area contributed by atoms with E-state index in [9.17, 15) is 35.5 Å². The van der Waals surface area contributed by atoms with Gasteiger partial charge in [0.2, 0.25) is 6.10 Å². The number of benzene rings is 2. The number of nitrogens with one attached hydrogen (secondary N) is 2. The second-order valence-electron chi connectivity index (χ2n) is 8.87. The Kier molecular flexibility index (Phi) is 12.5. The van der Waals surface area contributed by atoms with Crippen LogP contribution in [0.5, 0.6) is 17.2 Å². The predicted molar refractivity (Wildman–Crippen MR) is 135 cm³/mol. The van der Waals surface area contributed by atoms with Crippen molar-refractivity contribution in [3.05, 3.63) is 54.7 Å². The Morgan fingerprint density at radius 2 is 1.62 bits per heavy atom. The number of anilines is 1. The lowest BCUT2D eigenvalue weighted by atomic mass is 10.1. The van der Waals surface area contributed by atoms with Gasteiger partial charge in [-0.15, -0.1) is 0 Å². The van der Waals surface area contributed by atoms with Gasteiger partial charge < -0.3 is 49.2 Å². The number of H-pyrrole nitrogens is 1. The third-order valence-electron chi connectivity index (χ3n) is 5.18. The number of halogens is 7. The maximum absolute atomic E-state index is 14.8. The molecule has 0 fully saturated rings. The monoisotopic (exact) mass is 652 g/mol. The molecule has 19 heteroatoms. The second kappa shape index (κ2) is 15.6. The third-order valence-corrected chi connectivity index (χ3v) is 5.18. The Balaban J connectivity index is 0.000000421. The fourth-order valence-electron chi connectivity index (χ4n) is 3.08. The number of hydrogen-bond acceptors (Lipinski definition) is 10. The Labute approximate surface area is 249 Å². The zero-order valence-electron chi connectivity index (χ0n) is 23.1. The summed E-state index contributed by atoms with van der Waals surface area (Å²) in [4.78, 5) is 39.2. The normalized spacial score (nSPS) is 13.9. The van der Waals surface area contributed by atoms with Gasteiger partial charge in [0.1, 0.15) is 36.7 Å². The number of imidazole rings is 1. The summed E-state index contributed by atoms with van der Waals surface area (Å²) in [5, 5.41) is 20.3. The van der Waals surface area contributed by atoms with E-state index in [1.807, 2.05) is 25.1 Å². The molecule has 45 heavy (non-hydrogen) atoms. The van der Waals surface area contributed by atoms with E-state index in [2.05, 4.69) is 15.3 Å². The summed E-state index contributed by atoms with van der Waals surface area (Å²) in [6.45, 7) is 1.06. The van der Waals surface area contributed by atoms with Crippen LogP contribution in [0.3, 0.4) is 0 Å². The number of carboxylic acids is 2. The van der Waals surface area contributed by atoms with Gasteiger partial charge >= 0.3 is 12.4 Å². The summed E-state index contributed by atoms with van der Waals surface area (Å²) in [6, 6.07) is 9.89. The van der Waals surface area contributed by atoms with Crippen molar-refractivity contribution in [3.8, 4) is 28.5 Å². The first kappa shape index (κ1) is 36.1. The van der Waals surface area contributed by atoms with Gasteiger partial charge in [-0.2, -0.15) is 26.3 Å². The lowest BCUT2D eigenvalue weighted by molar-refractivity contribution is -0.344. The zero-order chi connectivity index (χ0) is 33.9. The maximum atomic E-state index is 14.8. The van der Waals surface area contributed by atoms with Crippen LogP contribution in [0.4, 0.5) is 36.4 Å². The van der Waals surface area contributed by atoms with E-state index in [0.717, 1.165) is 0 Å². The number of aliphatic carboxylic acids is 2. The summed E-state index contributed by atoms with van der Waals surface area (Å²) in [5.74, 6) is -5.59. The summed E-state index contributed by atoms with van der Waals surface area (Å²) in [7, 11) is 3.84. The zero-order valence-corrected chi connectivity index (χ0v) is 23.1. The molecule has 0 radical (unpaired) electrons. The number of rotatable bonds is 7. The quantitative estimate of drug-likeness (QED) is 0.357. The lowest BCUT2D eigenvalue weighted by Crippen LogP contribution is -2.40. The van der Waals surface area contributed by atoms with Crippen molar-refractivity contribution in [2.75, 3.05) is 39.2 Å². The van der Waals surface area contributed by atoms with Crippen LogP contribution in [-0.4, -0.2) is 85.0 Å². The van der Waals surface area contributed by atoms with Crippen LogP contribution < -0.4 is 29.7 Å². The lowest BCUT2D eigenvalue weighted by Gasteiger charge is -2.26. The number of nitrogens with zero attached hydrogens (tertiary/aromatic N) is 2. The van der Waals surface area contributed by atoms with Gasteiger partial charge in [-0.05, 0) is 32.3 Å². The van der Waals surface area contributed by atoms with E-state index >= 15 is 0 Å². The number of aromatic nitrogens is 2. The van der Waals surface area contributed by atoms with E-state index < -0.39 is 42.1 Å². The minimum atomic E-state index is -5.19. The number of carbonyl (C=O) groups is 3. The molecule has 2 heterocycles. The highest BCUT2D eigenvalue weighted by molar-refractivity contribution is 5.96. The molecule has 4 rings (SSSR count). The van der Waals surface area contributed by atoms with Gasteiger partial charge in [-0.1, -0.05) is 12.1 Å². The van der Waals surface area contributed by atoms with Crippen molar-refractivity contribution >= 4 is 23.5 Å². The molecule has 0 spiro atoms. The first-order valence-electron chi connectivity index (χ1n) is 12.3. The molecule has 2 aromatic carbocycles. The number of alkyl halides is 6. The smallest absolute Gasteiger partial charge is 0.430 e. The van der Waals surface area contributed by atoms with Crippen molar-refractivity contribution in [3.63, 3.8) is 0 Å². The van der Waals surface area contributed by atoms with Crippen LogP contribution in [0, 0.1) is 5.82 Å². The molecule has 1 aromatic heterocycles. The molecular weight excluding hydrogens is 629 g/mol. The van der Waals surface area contributed by atoms with Gasteiger partial charge in [0.15, 0.2) is 11.5 Å². The molecule has 1 amide bonds. The van der Waals surface area contributed by atoms with Gasteiger partial charge in [0.05, 0.1) is 23.9 Å². The molecule has 0 bridgehead atoms. The van der Waals surface area contributed by atoms with Crippen molar-refractivity contribution in [1.82, 2.24) is 14.9 Å². The molecule has 0 saturated heterocycles. The fourth-order valence-corrected chi connectivity index (χ4v) is 3.08. The van der Waals surface area contributed by atoms with E-state index in [1.54, 1.807) is 24.3 Å². The first-order valence-corrected chi connectivity index (χ1v) is 12.3. The van der Waals surface area contributed by atoms with Crippen LogP contribution in [0.15, 0.2) is 48.9 Å². The van der Waals surface area contributed by atoms with E-state index in [4.69, 9.17) is 34.0 Å². The highest BCUT2D eigenvalue weighted by Crippen LogP contribution is 2.34. The Bertz CT molecular complexity index is 1420. The molecule has 3 aromatic rings. The van der Waals surface area contributed by atoms with Crippen molar-refractivity contribution in [2.24, 2.45) is 0 Å². The molecule has 0 aliphatic carbocycles. The van der Waals surface area contributed by atoms with Crippen molar-refractivity contribution in [1.29, 1.82) is 0 Å². The minimum Gasteiger partial charge on any atom is -0.542 e. The summed E-state index contributed by atoms with van der Waals surface area (Å²) < 4.78 is 95.1.